The minimum Gasteiger partial charge on any atom is -0.397 e. The van der Waals surface area contributed by atoms with Gasteiger partial charge in [-0.2, -0.15) is 4.37 Å². The van der Waals surface area contributed by atoms with E-state index in [4.69, 9.17) is 5.73 Å². The van der Waals surface area contributed by atoms with Gasteiger partial charge in [0.1, 0.15) is 11.0 Å². The van der Waals surface area contributed by atoms with Crippen LogP contribution in [-0.4, -0.2) is 9.36 Å². The molecule has 0 aliphatic heterocycles. The smallest absolute Gasteiger partial charge is 0.125 e. The molecule has 2 heterocycles. The van der Waals surface area contributed by atoms with Gasteiger partial charge in [0.15, 0.2) is 0 Å². The molecule has 0 aromatic carbocycles. The number of aromatic nitrogens is 2. The van der Waals surface area contributed by atoms with Crippen LogP contribution in [0.5, 0.6) is 0 Å². The quantitative estimate of drug-likeness (QED) is 0.617. The molecule has 2 rings (SSSR count). The van der Waals surface area contributed by atoms with E-state index in [0.29, 0.717) is 5.69 Å². The van der Waals surface area contributed by atoms with E-state index in [2.05, 4.69) is 9.36 Å². The van der Waals surface area contributed by atoms with Crippen LogP contribution in [0.15, 0.2) is 17.6 Å². The van der Waals surface area contributed by atoms with Crippen molar-refractivity contribution in [2.75, 3.05) is 5.73 Å². The van der Waals surface area contributed by atoms with E-state index >= 15 is 0 Å². The third kappa shape index (κ3) is 0.657. The Labute approximate surface area is 61.7 Å². The fraction of sp³-hybridized carbons (Fsp3) is 0. The van der Waals surface area contributed by atoms with Gasteiger partial charge in [-0.3, -0.25) is 4.98 Å². The Bertz CT molecular complexity index is 355. The van der Waals surface area contributed by atoms with Crippen molar-refractivity contribution in [3.63, 3.8) is 0 Å². The first-order chi connectivity index (χ1) is 4.88. The number of nitrogen functional groups attached to an aromatic ring is 1. The van der Waals surface area contributed by atoms with Crippen LogP contribution in [0.3, 0.4) is 0 Å². The second-order valence-electron chi connectivity index (χ2n) is 1.95. The van der Waals surface area contributed by atoms with E-state index in [1.54, 1.807) is 12.3 Å². The van der Waals surface area contributed by atoms with Crippen molar-refractivity contribution in [2.24, 2.45) is 0 Å². The number of fused-ring (bicyclic) bond motifs is 1. The summed E-state index contributed by atoms with van der Waals surface area (Å²) in [6.07, 6.45) is 1.69. The van der Waals surface area contributed by atoms with E-state index in [0.717, 1.165) is 11.0 Å². The van der Waals surface area contributed by atoms with Gasteiger partial charge in [-0.25, -0.2) is 0 Å². The Morgan fingerprint density at radius 1 is 1.50 bits per heavy atom. The normalized spacial score (nSPS) is 10.4. The molecule has 2 aromatic rings. The molecular weight excluding hydrogens is 146 g/mol. The summed E-state index contributed by atoms with van der Waals surface area (Å²) in [6, 6.07) is 1.75. The Balaban J connectivity index is 2.95. The second-order valence-corrected chi connectivity index (χ2v) is 2.58. The van der Waals surface area contributed by atoms with Crippen LogP contribution in [0.2, 0.25) is 0 Å². The zero-order chi connectivity index (χ0) is 6.97. The lowest BCUT2D eigenvalue weighted by Gasteiger charge is -1.89. The number of pyridine rings is 1. The van der Waals surface area contributed by atoms with Gasteiger partial charge < -0.3 is 5.73 Å². The lowest BCUT2D eigenvalue weighted by atomic mass is 10.3. The molecule has 0 bridgehead atoms. The first kappa shape index (κ1) is 5.61. The molecule has 0 amide bonds. The Morgan fingerprint density at radius 3 is 3.20 bits per heavy atom. The highest BCUT2D eigenvalue weighted by atomic mass is 32.1. The van der Waals surface area contributed by atoms with Gasteiger partial charge in [0.25, 0.3) is 0 Å². The van der Waals surface area contributed by atoms with Crippen molar-refractivity contribution in [1.82, 2.24) is 9.36 Å². The maximum absolute atomic E-state index is 5.60. The molecule has 3 nitrogen and oxygen atoms in total. The fourth-order valence-electron chi connectivity index (χ4n) is 0.801. The number of anilines is 1. The summed E-state index contributed by atoms with van der Waals surface area (Å²) in [5, 5.41) is 1.88. The maximum Gasteiger partial charge on any atom is 0.125 e. The molecule has 0 fully saturated rings. The summed E-state index contributed by atoms with van der Waals surface area (Å²) in [7, 11) is 0. The molecular formula is C6H5N3S. The standard InChI is InChI=1S/C6H5N3S/c7-4-1-2-8-5-3-10-9-6(4)5/h1-3H,7H2. The van der Waals surface area contributed by atoms with Crippen LogP contribution in [0.1, 0.15) is 0 Å². The number of nitrogens with two attached hydrogens (primary N) is 1. The van der Waals surface area contributed by atoms with Gasteiger partial charge in [-0.05, 0) is 17.6 Å². The van der Waals surface area contributed by atoms with Crippen LogP contribution in [0.4, 0.5) is 5.69 Å². The second kappa shape index (κ2) is 1.91. The average molecular weight is 151 g/mol. The van der Waals surface area contributed by atoms with E-state index in [1.165, 1.54) is 11.5 Å². The van der Waals surface area contributed by atoms with Crippen molar-refractivity contribution in [3.8, 4) is 0 Å². The summed E-state index contributed by atoms with van der Waals surface area (Å²) in [5.41, 5.74) is 8.00. The minimum absolute atomic E-state index is 0.700. The average Bonchev–Trinajstić information content (AvgIpc) is 2.36. The van der Waals surface area contributed by atoms with Gasteiger partial charge in [-0.1, -0.05) is 0 Å². The van der Waals surface area contributed by atoms with E-state index in [1.807, 2.05) is 5.38 Å². The highest BCUT2D eigenvalue weighted by molar-refractivity contribution is 7.04. The van der Waals surface area contributed by atoms with Gasteiger partial charge >= 0.3 is 0 Å². The number of hydrogen-bond donors (Lipinski definition) is 1. The third-order valence-electron chi connectivity index (χ3n) is 1.29. The van der Waals surface area contributed by atoms with Gasteiger partial charge in [0, 0.05) is 11.6 Å². The van der Waals surface area contributed by atoms with Gasteiger partial charge in [-0.15, -0.1) is 0 Å². The van der Waals surface area contributed by atoms with Crippen LogP contribution in [0.25, 0.3) is 11.0 Å². The molecule has 4 heteroatoms. The van der Waals surface area contributed by atoms with E-state index < -0.39 is 0 Å². The van der Waals surface area contributed by atoms with Crippen molar-refractivity contribution in [2.45, 2.75) is 0 Å². The molecule has 0 saturated heterocycles. The molecule has 50 valence electrons. The number of hydrogen-bond acceptors (Lipinski definition) is 4. The largest absolute Gasteiger partial charge is 0.397 e. The molecule has 0 saturated carbocycles. The van der Waals surface area contributed by atoms with Crippen LogP contribution in [-0.2, 0) is 0 Å². The highest BCUT2D eigenvalue weighted by Crippen LogP contribution is 2.17. The molecule has 2 N–H and O–H groups in total. The lowest BCUT2D eigenvalue weighted by molar-refractivity contribution is 1.41. The summed E-state index contributed by atoms with van der Waals surface area (Å²) >= 11 is 1.37. The van der Waals surface area contributed by atoms with Crippen LogP contribution in [0, 0.1) is 0 Å². The molecule has 10 heavy (non-hydrogen) atoms. The predicted molar refractivity (Wildman–Crippen MR) is 41.8 cm³/mol. The molecule has 0 aliphatic carbocycles. The highest BCUT2D eigenvalue weighted by Gasteiger charge is 1.98. The zero-order valence-corrected chi connectivity index (χ0v) is 5.93. The van der Waals surface area contributed by atoms with Crippen molar-refractivity contribution in [3.05, 3.63) is 17.6 Å². The molecule has 0 aliphatic rings. The maximum atomic E-state index is 5.60. The summed E-state index contributed by atoms with van der Waals surface area (Å²) in [6.45, 7) is 0. The molecule has 0 spiro atoms. The van der Waals surface area contributed by atoms with Crippen molar-refractivity contribution < 1.29 is 0 Å². The molecule has 0 unspecified atom stereocenters. The first-order valence-corrected chi connectivity index (χ1v) is 3.66. The van der Waals surface area contributed by atoms with Crippen molar-refractivity contribution >= 4 is 28.3 Å². The third-order valence-corrected chi connectivity index (χ3v) is 1.91. The summed E-state index contributed by atoms with van der Waals surface area (Å²) < 4.78 is 4.07. The van der Waals surface area contributed by atoms with E-state index in [9.17, 15) is 0 Å². The monoisotopic (exact) mass is 151 g/mol. The van der Waals surface area contributed by atoms with Crippen LogP contribution >= 0.6 is 11.5 Å². The SMILES string of the molecule is Nc1ccnc2csnc12. The minimum atomic E-state index is 0.700. The topological polar surface area (TPSA) is 51.8 Å². The van der Waals surface area contributed by atoms with Crippen molar-refractivity contribution in [1.29, 1.82) is 0 Å². The number of rotatable bonds is 0. The van der Waals surface area contributed by atoms with E-state index in [-0.39, 0.29) is 0 Å². The van der Waals surface area contributed by atoms with Crippen LogP contribution < -0.4 is 5.73 Å². The lowest BCUT2D eigenvalue weighted by Crippen LogP contribution is -1.86. The zero-order valence-electron chi connectivity index (χ0n) is 5.11. The predicted octanol–water partition coefficient (Wildman–Crippen LogP) is 1.27. The Kier molecular flexibility index (Phi) is 1.07. The van der Waals surface area contributed by atoms with Gasteiger partial charge in [0.2, 0.25) is 0 Å². The Hall–Kier alpha value is -1.16. The summed E-state index contributed by atoms with van der Waals surface area (Å²) in [4.78, 5) is 4.07. The molecule has 0 atom stereocenters. The first-order valence-electron chi connectivity index (χ1n) is 2.82. The Morgan fingerprint density at radius 2 is 2.40 bits per heavy atom. The molecule has 2 aromatic heterocycles. The fourth-order valence-corrected chi connectivity index (χ4v) is 1.43. The van der Waals surface area contributed by atoms with Gasteiger partial charge in [0.05, 0.1) is 5.69 Å². The number of nitrogens with zero attached hydrogens (tertiary/aromatic N) is 2. The molecule has 0 radical (unpaired) electrons. The summed E-state index contributed by atoms with van der Waals surface area (Å²) in [5.74, 6) is 0.